The van der Waals surface area contributed by atoms with Crippen LogP contribution in [-0.2, 0) is 19.6 Å². The van der Waals surface area contributed by atoms with E-state index in [1.165, 1.54) is 0 Å². The molecule has 0 aliphatic carbocycles. The Morgan fingerprint density at radius 1 is 1.23 bits per heavy atom. The number of carbonyl (C=O) groups excluding carboxylic acids is 1. The van der Waals surface area contributed by atoms with Gasteiger partial charge in [0.2, 0.25) is 5.91 Å². The van der Waals surface area contributed by atoms with E-state index in [-0.39, 0.29) is 29.9 Å². The minimum Gasteiger partial charge on any atom is -0.383 e. The lowest BCUT2D eigenvalue weighted by Crippen LogP contribution is -2.52. The fourth-order valence-corrected chi connectivity index (χ4v) is 2.79. The number of rotatable bonds is 3. The molecule has 1 aromatic rings. The highest BCUT2D eigenvalue weighted by atomic mass is 32.2. The van der Waals surface area contributed by atoms with Crippen molar-refractivity contribution in [3.05, 3.63) is 29.8 Å². The lowest BCUT2D eigenvalue weighted by Gasteiger charge is -2.41. The van der Waals surface area contributed by atoms with Gasteiger partial charge in [-0.15, -0.1) is 0 Å². The van der Waals surface area contributed by atoms with Crippen molar-refractivity contribution < 1.29 is 22.1 Å². The lowest BCUT2D eigenvalue weighted by molar-refractivity contribution is -0.156. The average molecular weight is 327 g/mol. The van der Waals surface area contributed by atoms with E-state index in [9.17, 15) is 13.2 Å². The van der Waals surface area contributed by atoms with Crippen LogP contribution in [0.4, 0.5) is 0 Å². The molecule has 1 atom stereocenters. The van der Waals surface area contributed by atoms with Crippen LogP contribution in [0.5, 0.6) is 5.75 Å². The Morgan fingerprint density at radius 2 is 1.82 bits per heavy atom. The minimum atomic E-state index is -3.53. The van der Waals surface area contributed by atoms with Gasteiger partial charge in [-0.25, -0.2) is 0 Å². The summed E-state index contributed by atoms with van der Waals surface area (Å²) in [6, 6.07) is 6.67. The third-order valence-electron chi connectivity index (χ3n) is 3.37. The first-order valence-electron chi connectivity index (χ1n) is 6.98. The molecule has 1 amide bonds. The summed E-state index contributed by atoms with van der Waals surface area (Å²) in [6.07, 6.45) is 0.766. The van der Waals surface area contributed by atoms with Crippen molar-refractivity contribution in [2.24, 2.45) is 0 Å². The highest BCUT2D eigenvalue weighted by Gasteiger charge is 2.34. The maximum absolute atomic E-state index is 11.9. The SMILES string of the molecule is CC(C)(C)N1C[C@@H](c2ccc(OS(C)(=O)=O)cc2)OCC1=O. The molecule has 0 N–H and O–H groups in total. The first-order valence-corrected chi connectivity index (χ1v) is 8.79. The Labute approximate surface area is 131 Å². The number of benzene rings is 1. The number of amides is 1. The van der Waals surface area contributed by atoms with E-state index in [1.807, 2.05) is 20.8 Å². The van der Waals surface area contributed by atoms with Crippen LogP contribution in [0.2, 0.25) is 0 Å². The number of carbonyl (C=O) groups is 1. The Bertz CT molecular complexity index is 646. The Hall–Kier alpha value is -1.60. The van der Waals surface area contributed by atoms with Crippen LogP contribution in [-0.4, -0.2) is 44.2 Å². The van der Waals surface area contributed by atoms with Gasteiger partial charge in [0.25, 0.3) is 0 Å². The molecule has 1 heterocycles. The van der Waals surface area contributed by atoms with E-state index in [0.29, 0.717) is 6.54 Å². The van der Waals surface area contributed by atoms with Crippen molar-refractivity contribution in [2.45, 2.75) is 32.4 Å². The molecule has 0 bridgehead atoms. The monoisotopic (exact) mass is 327 g/mol. The first-order chi connectivity index (χ1) is 10.1. The van der Waals surface area contributed by atoms with Crippen molar-refractivity contribution in [1.29, 1.82) is 0 Å². The number of hydrogen-bond donors (Lipinski definition) is 0. The van der Waals surface area contributed by atoms with Gasteiger partial charge in [-0.2, -0.15) is 8.42 Å². The number of hydrogen-bond acceptors (Lipinski definition) is 5. The van der Waals surface area contributed by atoms with Gasteiger partial charge in [0.1, 0.15) is 18.5 Å². The van der Waals surface area contributed by atoms with Crippen LogP contribution in [0.25, 0.3) is 0 Å². The summed E-state index contributed by atoms with van der Waals surface area (Å²) in [6.45, 7) is 6.46. The van der Waals surface area contributed by atoms with Gasteiger partial charge in [0.05, 0.1) is 12.8 Å². The van der Waals surface area contributed by atoms with Crippen LogP contribution < -0.4 is 4.18 Å². The molecule has 2 rings (SSSR count). The van der Waals surface area contributed by atoms with Gasteiger partial charge in [-0.3, -0.25) is 4.79 Å². The highest BCUT2D eigenvalue weighted by Crippen LogP contribution is 2.28. The zero-order valence-electron chi connectivity index (χ0n) is 13.2. The molecule has 7 heteroatoms. The molecule has 0 radical (unpaired) electrons. The van der Waals surface area contributed by atoms with Crippen LogP contribution in [0, 0.1) is 0 Å². The largest absolute Gasteiger partial charge is 0.383 e. The van der Waals surface area contributed by atoms with Crippen molar-refractivity contribution in [3.8, 4) is 5.75 Å². The van der Waals surface area contributed by atoms with Gasteiger partial charge in [0.15, 0.2) is 0 Å². The Morgan fingerprint density at radius 3 is 2.32 bits per heavy atom. The first kappa shape index (κ1) is 16.8. The summed E-state index contributed by atoms with van der Waals surface area (Å²) in [5.41, 5.74) is 0.612. The Balaban J connectivity index is 2.13. The van der Waals surface area contributed by atoms with Crippen molar-refractivity contribution in [1.82, 2.24) is 4.90 Å². The zero-order valence-corrected chi connectivity index (χ0v) is 14.0. The average Bonchev–Trinajstić information content (AvgIpc) is 2.37. The van der Waals surface area contributed by atoms with Crippen LogP contribution in [0.1, 0.15) is 32.4 Å². The molecule has 22 heavy (non-hydrogen) atoms. The lowest BCUT2D eigenvalue weighted by atomic mass is 10.0. The van der Waals surface area contributed by atoms with Crippen molar-refractivity contribution >= 4 is 16.0 Å². The van der Waals surface area contributed by atoms with Crippen molar-refractivity contribution in [2.75, 3.05) is 19.4 Å². The van der Waals surface area contributed by atoms with E-state index >= 15 is 0 Å². The molecule has 0 unspecified atom stereocenters. The van der Waals surface area contributed by atoms with Gasteiger partial charge in [-0.1, -0.05) is 12.1 Å². The zero-order chi connectivity index (χ0) is 16.5. The van der Waals surface area contributed by atoms with Gasteiger partial charge < -0.3 is 13.8 Å². The standard InChI is InChI=1S/C15H21NO5S/c1-15(2,3)16-9-13(20-10-14(16)17)11-5-7-12(8-6-11)21-22(4,18)19/h5-8,13H,9-10H2,1-4H3/t13-/m0/s1. The molecule has 1 aromatic carbocycles. The quantitative estimate of drug-likeness (QED) is 0.791. The summed E-state index contributed by atoms with van der Waals surface area (Å²) in [7, 11) is -3.53. The second kappa shape index (κ2) is 5.89. The molecule has 0 spiro atoms. The maximum Gasteiger partial charge on any atom is 0.306 e. The second-order valence-electron chi connectivity index (χ2n) is 6.33. The molecule has 0 aromatic heterocycles. The normalized spacial score (nSPS) is 20.1. The van der Waals surface area contributed by atoms with Crippen molar-refractivity contribution in [3.63, 3.8) is 0 Å². The van der Waals surface area contributed by atoms with Crippen LogP contribution >= 0.6 is 0 Å². The smallest absolute Gasteiger partial charge is 0.306 e. The summed E-state index contributed by atoms with van der Waals surface area (Å²) in [5.74, 6) is 0.228. The molecule has 1 saturated heterocycles. The Kier molecular flexibility index (Phi) is 4.49. The fraction of sp³-hybridized carbons (Fsp3) is 0.533. The van der Waals surface area contributed by atoms with Crippen LogP contribution in [0.15, 0.2) is 24.3 Å². The molecule has 6 nitrogen and oxygen atoms in total. The van der Waals surface area contributed by atoms with E-state index in [0.717, 1.165) is 11.8 Å². The number of morpholine rings is 1. The molecular weight excluding hydrogens is 306 g/mol. The van der Waals surface area contributed by atoms with E-state index in [1.54, 1.807) is 29.2 Å². The fourth-order valence-electron chi connectivity index (χ4n) is 2.33. The predicted molar refractivity (Wildman–Crippen MR) is 82.1 cm³/mol. The van der Waals surface area contributed by atoms with Gasteiger partial charge >= 0.3 is 10.1 Å². The molecule has 122 valence electrons. The minimum absolute atomic E-state index is 0.0271. The van der Waals surface area contributed by atoms with E-state index in [4.69, 9.17) is 8.92 Å². The highest BCUT2D eigenvalue weighted by molar-refractivity contribution is 7.86. The number of ether oxygens (including phenoxy) is 1. The topological polar surface area (TPSA) is 72.9 Å². The molecule has 1 fully saturated rings. The van der Waals surface area contributed by atoms with Crippen LogP contribution in [0.3, 0.4) is 0 Å². The third kappa shape index (κ3) is 4.20. The number of nitrogens with zero attached hydrogens (tertiary/aromatic N) is 1. The van der Waals surface area contributed by atoms with Gasteiger partial charge in [0, 0.05) is 5.54 Å². The summed E-state index contributed by atoms with van der Waals surface area (Å²) in [5, 5.41) is 0. The molecule has 1 aliphatic rings. The molecule has 0 saturated carbocycles. The second-order valence-corrected chi connectivity index (χ2v) is 7.91. The predicted octanol–water partition coefficient (Wildman–Crippen LogP) is 1.72. The molecule has 1 aliphatic heterocycles. The third-order valence-corrected chi connectivity index (χ3v) is 3.86. The summed E-state index contributed by atoms with van der Waals surface area (Å²) in [4.78, 5) is 13.7. The van der Waals surface area contributed by atoms with E-state index in [2.05, 4.69) is 0 Å². The maximum atomic E-state index is 11.9. The summed E-state index contributed by atoms with van der Waals surface area (Å²) < 4.78 is 32.6. The summed E-state index contributed by atoms with van der Waals surface area (Å²) >= 11 is 0. The van der Waals surface area contributed by atoms with Gasteiger partial charge in [-0.05, 0) is 38.5 Å². The molecular formula is C15H21NO5S. The van der Waals surface area contributed by atoms with E-state index < -0.39 is 10.1 Å².